The maximum absolute atomic E-state index is 6.77. The molecule has 0 saturated heterocycles. The highest BCUT2D eigenvalue weighted by Crippen LogP contribution is 2.62. The standard InChI is InChI=1S/C19H18Cl2/c20-16-8-4-2-6-13(16)11-17(21)19-15-10-9-12-5-1-3-7-14(12)18(15)19/h1-8,15,17-19H,9-11H2. The van der Waals surface area contributed by atoms with Crippen LogP contribution in [0.1, 0.15) is 29.0 Å². The van der Waals surface area contributed by atoms with E-state index >= 15 is 0 Å². The molecule has 0 N–H and O–H groups in total. The maximum atomic E-state index is 6.77. The molecule has 0 amide bonds. The van der Waals surface area contributed by atoms with E-state index in [2.05, 4.69) is 30.3 Å². The Balaban J connectivity index is 1.53. The molecule has 0 radical (unpaired) electrons. The summed E-state index contributed by atoms with van der Waals surface area (Å²) in [6.07, 6.45) is 3.38. The van der Waals surface area contributed by atoms with Crippen LogP contribution < -0.4 is 0 Å². The quantitative estimate of drug-likeness (QED) is 0.659. The van der Waals surface area contributed by atoms with Crippen molar-refractivity contribution in [2.45, 2.75) is 30.6 Å². The van der Waals surface area contributed by atoms with Crippen LogP contribution in [-0.2, 0) is 12.8 Å². The highest BCUT2D eigenvalue weighted by Gasteiger charge is 2.55. The third-order valence-electron chi connectivity index (χ3n) is 5.18. The molecule has 108 valence electrons. The van der Waals surface area contributed by atoms with E-state index in [0.717, 1.165) is 17.4 Å². The van der Waals surface area contributed by atoms with E-state index < -0.39 is 0 Å². The van der Waals surface area contributed by atoms with Crippen molar-refractivity contribution in [3.8, 4) is 0 Å². The summed E-state index contributed by atoms with van der Waals surface area (Å²) in [6.45, 7) is 0. The molecule has 1 fully saturated rings. The zero-order chi connectivity index (χ0) is 14.4. The third kappa shape index (κ3) is 2.39. The van der Waals surface area contributed by atoms with Gasteiger partial charge < -0.3 is 0 Å². The van der Waals surface area contributed by atoms with Gasteiger partial charge in [-0.2, -0.15) is 0 Å². The number of hydrogen-bond acceptors (Lipinski definition) is 0. The minimum absolute atomic E-state index is 0.186. The summed E-state index contributed by atoms with van der Waals surface area (Å²) < 4.78 is 0. The van der Waals surface area contributed by atoms with Crippen molar-refractivity contribution in [1.82, 2.24) is 0 Å². The minimum atomic E-state index is 0.186. The predicted octanol–water partition coefficient (Wildman–Crippen LogP) is 5.47. The molecule has 0 nitrogen and oxygen atoms in total. The molecule has 2 heteroatoms. The minimum Gasteiger partial charge on any atom is -0.122 e. The van der Waals surface area contributed by atoms with E-state index in [4.69, 9.17) is 23.2 Å². The summed E-state index contributed by atoms with van der Waals surface area (Å²) in [6, 6.07) is 16.9. The Morgan fingerprint density at radius 3 is 2.67 bits per heavy atom. The Morgan fingerprint density at radius 2 is 1.81 bits per heavy atom. The number of fused-ring (bicyclic) bond motifs is 3. The Morgan fingerprint density at radius 1 is 1.05 bits per heavy atom. The van der Waals surface area contributed by atoms with Crippen molar-refractivity contribution in [3.63, 3.8) is 0 Å². The van der Waals surface area contributed by atoms with E-state index in [0.29, 0.717) is 11.8 Å². The molecule has 4 rings (SSSR count). The summed E-state index contributed by atoms with van der Waals surface area (Å²) in [5.74, 6) is 2.08. The summed E-state index contributed by atoms with van der Waals surface area (Å²) in [7, 11) is 0. The molecule has 4 unspecified atom stereocenters. The Hall–Kier alpha value is -0.980. The number of alkyl halides is 1. The second-order valence-electron chi connectivity index (χ2n) is 6.32. The van der Waals surface area contributed by atoms with Gasteiger partial charge in [-0.3, -0.25) is 0 Å². The fourth-order valence-corrected chi connectivity index (χ4v) is 4.85. The SMILES string of the molecule is Clc1ccccc1CC(Cl)C1C2CCc3ccccc3C21. The van der Waals surface area contributed by atoms with Crippen molar-refractivity contribution in [1.29, 1.82) is 0 Å². The zero-order valence-electron chi connectivity index (χ0n) is 11.8. The van der Waals surface area contributed by atoms with Crippen LogP contribution in [0.3, 0.4) is 0 Å². The predicted molar refractivity (Wildman–Crippen MR) is 89.3 cm³/mol. The first-order valence-electron chi connectivity index (χ1n) is 7.71. The second kappa shape index (κ2) is 5.34. The van der Waals surface area contributed by atoms with Crippen molar-refractivity contribution in [2.24, 2.45) is 11.8 Å². The first-order chi connectivity index (χ1) is 10.3. The average Bonchev–Trinajstić information content (AvgIpc) is 3.24. The molecule has 21 heavy (non-hydrogen) atoms. The molecule has 2 aromatic carbocycles. The van der Waals surface area contributed by atoms with Crippen molar-refractivity contribution < 1.29 is 0 Å². The third-order valence-corrected chi connectivity index (χ3v) is 6.00. The van der Waals surface area contributed by atoms with Gasteiger partial charge in [-0.15, -0.1) is 11.6 Å². The molecule has 0 bridgehead atoms. The van der Waals surface area contributed by atoms with Crippen molar-refractivity contribution in [2.75, 3.05) is 0 Å². The molecule has 0 aromatic heterocycles. The van der Waals surface area contributed by atoms with Gasteiger partial charge in [0.15, 0.2) is 0 Å². The molecular formula is C19H18Cl2. The molecule has 0 aliphatic heterocycles. The normalized spacial score (nSPS) is 27.6. The first-order valence-corrected chi connectivity index (χ1v) is 8.52. The van der Waals surface area contributed by atoms with Gasteiger partial charge in [0, 0.05) is 10.4 Å². The monoisotopic (exact) mass is 316 g/mol. The topological polar surface area (TPSA) is 0 Å². The van der Waals surface area contributed by atoms with Crippen LogP contribution in [0.2, 0.25) is 5.02 Å². The van der Waals surface area contributed by atoms with Gasteiger partial charge in [0.1, 0.15) is 0 Å². The molecule has 0 spiro atoms. The van der Waals surface area contributed by atoms with E-state index in [1.54, 1.807) is 5.56 Å². The zero-order valence-corrected chi connectivity index (χ0v) is 13.3. The molecule has 2 aliphatic carbocycles. The first kappa shape index (κ1) is 13.7. The van der Waals surface area contributed by atoms with E-state index in [9.17, 15) is 0 Å². The largest absolute Gasteiger partial charge is 0.122 e. The van der Waals surface area contributed by atoms with Gasteiger partial charge in [-0.25, -0.2) is 0 Å². The van der Waals surface area contributed by atoms with Crippen LogP contribution in [0.25, 0.3) is 0 Å². The van der Waals surface area contributed by atoms with Crippen molar-refractivity contribution >= 4 is 23.2 Å². The van der Waals surface area contributed by atoms with E-state index in [1.807, 2.05) is 18.2 Å². The molecule has 1 saturated carbocycles. The lowest BCUT2D eigenvalue weighted by atomic mass is 9.92. The van der Waals surface area contributed by atoms with Gasteiger partial charge >= 0.3 is 0 Å². The summed E-state index contributed by atoms with van der Waals surface area (Å²) in [4.78, 5) is 0. The van der Waals surface area contributed by atoms with Crippen LogP contribution in [0, 0.1) is 11.8 Å². The fourth-order valence-electron chi connectivity index (χ4n) is 4.12. The number of aryl methyl sites for hydroxylation is 1. The van der Waals surface area contributed by atoms with Crippen LogP contribution in [-0.4, -0.2) is 5.38 Å². The molecule has 0 heterocycles. The summed E-state index contributed by atoms with van der Waals surface area (Å²) in [5, 5.41) is 1.03. The van der Waals surface area contributed by atoms with Gasteiger partial charge in [0.05, 0.1) is 0 Å². The Kier molecular flexibility index (Phi) is 3.47. The van der Waals surface area contributed by atoms with Gasteiger partial charge in [-0.05, 0) is 59.8 Å². The van der Waals surface area contributed by atoms with Gasteiger partial charge in [0.25, 0.3) is 0 Å². The van der Waals surface area contributed by atoms with E-state index in [1.165, 1.54) is 24.0 Å². The lowest BCUT2D eigenvalue weighted by Gasteiger charge is -2.13. The van der Waals surface area contributed by atoms with Gasteiger partial charge in [0.2, 0.25) is 0 Å². The maximum Gasteiger partial charge on any atom is 0.0438 e. The Labute approximate surface area is 136 Å². The average molecular weight is 317 g/mol. The lowest BCUT2D eigenvalue weighted by Crippen LogP contribution is -2.08. The Bertz CT molecular complexity index is 664. The van der Waals surface area contributed by atoms with Crippen molar-refractivity contribution in [3.05, 3.63) is 70.2 Å². The van der Waals surface area contributed by atoms with Gasteiger partial charge in [-0.1, -0.05) is 54.1 Å². The van der Waals surface area contributed by atoms with Crippen LogP contribution in [0.15, 0.2) is 48.5 Å². The second-order valence-corrected chi connectivity index (χ2v) is 7.28. The van der Waals surface area contributed by atoms with Crippen LogP contribution >= 0.6 is 23.2 Å². The molecule has 4 atom stereocenters. The van der Waals surface area contributed by atoms with E-state index in [-0.39, 0.29) is 5.38 Å². The molecular weight excluding hydrogens is 299 g/mol. The lowest BCUT2D eigenvalue weighted by molar-refractivity contribution is 0.610. The van der Waals surface area contributed by atoms with Crippen LogP contribution in [0.5, 0.6) is 0 Å². The number of hydrogen-bond donors (Lipinski definition) is 0. The fraction of sp³-hybridized carbons (Fsp3) is 0.368. The smallest absolute Gasteiger partial charge is 0.0438 e. The summed E-state index contributed by atoms with van der Waals surface area (Å²) in [5.41, 5.74) is 4.25. The summed E-state index contributed by atoms with van der Waals surface area (Å²) >= 11 is 13.0. The number of benzene rings is 2. The molecule has 2 aromatic rings. The highest BCUT2D eigenvalue weighted by atomic mass is 35.5. The molecule has 2 aliphatic rings. The van der Waals surface area contributed by atoms with Crippen LogP contribution in [0.4, 0.5) is 0 Å². The number of rotatable bonds is 3. The highest BCUT2D eigenvalue weighted by molar-refractivity contribution is 6.31. The number of halogens is 2.